The number of halogens is 3. The van der Waals surface area contributed by atoms with Gasteiger partial charge in [0.2, 0.25) is 11.8 Å². The molecule has 0 aliphatic rings. The molecule has 0 spiro atoms. The van der Waals surface area contributed by atoms with Crippen molar-refractivity contribution in [2.75, 3.05) is 18.0 Å². The Kier molecular flexibility index (Phi) is 12.6. The number of hydrogen-bond donors (Lipinski definition) is 1. The molecule has 47 heavy (non-hydrogen) atoms. The van der Waals surface area contributed by atoms with E-state index in [4.69, 9.17) is 39.5 Å². The second kappa shape index (κ2) is 16.4. The van der Waals surface area contributed by atoms with Crippen LogP contribution in [-0.2, 0) is 32.6 Å². The Bertz CT molecular complexity index is 1770. The van der Waals surface area contributed by atoms with E-state index in [1.165, 1.54) is 48.4 Å². The molecule has 4 rings (SSSR count). The molecule has 1 N–H and O–H groups in total. The van der Waals surface area contributed by atoms with Gasteiger partial charge in [0.25, 0.3) is 10.0 Å². The topological polar surface area (TPSA) is 96.0 Å². The predicted octanol–water partition coefficient (Wildman–Crippen LogP) is 7.41. The molecule has 2 atom stereocenters. The van der Waals surface area contributed by atoms with Gasteiger partial charge in [-0.05, 0) is 85.1 Å². The summed E-state index contributed by atoms with van der Waals surface area (Å²) in [5.41, 5.74) is 1.65. The molecule has 4 aromatic rings. The fraction of sp³-hybridized carbons (Fsp3) is 0.257. The molecule has 0 heterocycles. The van der Waals surface area contributed by atoms with Crippen LogP contribution in [0.3, 0.4) is 0 Å². The third-order valence-corrected chi connectivity index (χ3v) is 10.4. The number of anilines is 1. The number of nitrogens with one attached hydrogen (secondary N) is 1. The number of benzene rings is 4. The summed E-state index contributed by atoms with van der Waals surface area (Å²) in [4.78, 5) is 29.8. The number of hydrogen-bond acceptors (Lipinski definition) is 5. The molecule has 2 amide bonds. The monoisotopic (exact) mass is 715 g/mol. The maximum atomic E-state index is 14.6. The molecule has 0 unspecified atom stereocenters. The van der Waals surface area contributed by atoms with Crippen molar-refractivity contribution in [3.05, 3.63) is 123 Å². The maximum Gasteiger partial charge on any atom is 0.264 e. The molecule has 12 heteroatoms. The van der Waals surface area contributed by atoms with Gasteiger partial charge >= 0.3 is 0 Å². The van der Waals surface area contributed by atoms with Crippen molar-refractivity contribution in [2.24, 2.45) is 0 Å². The summed E-state index contributed by atoms with van der Waals surface area (Å²) in [5, 5.41) is 4.03. The van der Waals surface area contributed by atoms with Gasteiger partial charge in [-0.1, -0.05) is 78.1 Å². The Labute approximate surface area is 291 Å². The lowest BCUT2D eigenvalue weighted by atomic mass is 10.0. The van der Waals surface area contributed by atoms with Crippen LogP contribution in [0.5, 0.6) is 5.75 Å². The minimum absolute atomic E-state index is 0.0435. The lowest BCUT2D eigenvalue weighted by molar-refractivity contribution is -0.140. The summed E-state index contributed by atoms with van der Waals surface area (Å²) >= 11 is 18.7. The van der Waals surface area contributed by atoms with E-state index in [0.717, 1.165) is 9.87 Å². The van der Waals surface area contributed by atoms with Gasteiger partial charge in [0, 0.05) is 24.0 Å². The molecule has 0 aliphatic carbocycles. The van der Waals surface area contributed by atoms with E-state index in [0.29, 0.717) is 27.8 Å². The SMILES string of the molecule is CC[C@@H](C)NC(=O)[C@H](Cc1ccccc1)N(Cc1ccc(Cl)c(Cl)c1)C(=O)CN(c1ccc(Cl)cc1)S(=O)(=O)c1ccc(OC)cc1. The van der Waals surface area contributed by atoms with Gasteiger partial charge in [-0.2, -0.15) is 0 Å². The number of amides is 2. The molecule has 0 saturated heterocycles. The van der Waals surface area contributed by atoms with E-state index in [-0.39, 0.29) is 40.5 Å². The number of ether oxygens (including phenoxy) is 1. The van der Waals surface area contributed by atoms with Gasteiger partial charge in [-0.25, -0.2) is 8.42 Å². The smallest absolute Gasteiger partial charge is 0.264 e. The van der Waals surface area contributed by atoms with Gasteiger partial charge < -0.3 is 15.0 Å². The molecule has 0 saturated carbocycles. The average Bonchev–Trinajstić information content (AvgIpc) is 3.07. The van der Waals surface area contributed by atoms with E-state index in [1.54, 1.807) is 30.3 Å². The standard InChI is InChI=1S/C35H36Cl3N3O5S/c1-4-24(2)39-35(43)33(21-25-8-6-5-7-9-25)40(22-26-10-19-31(37)32(38)20-26)34(42)23-41(28-13-11-27(36)12-14-28)47(44,45)30-17-15-29(46-3)16-18-30/h5-20,24,33H,4,21-23H2,1-3H3,(H,39,43)/t24-,33+/m1/s1. The Hall–Kier alpha value is -3.76. The molecule has 8 nitrogen and oxygen atoms in total. The van der Waals surface area contributed by atoms with E-state index in [2.05, 4.69) is 5.32 Å². The highest BCUT2D eigenvalue weighted by Gasteiger charge is 2.35. The molecular formula is C35H36Cl3N3O5S. The number of carbonyl (C=O) groups excluding carboxylic acids is 2. The first-order valence-electron chi connectivity index (χ1n) is 14.9. The lowest BCUT2D eigenvalue weighted by Crippen LogP contribution is -2.54. The summed E-state index contributed by atoms with van der Waals surface area (Å²) in [5.74, 6) is -0.502. The van der Waals surface area contributed by atoms with Crippen molar-refractivity contribution in [3.8, 4) is 5.75 Å². The van der Waals surface area contributed by atoms with Crippen molar-refractivity contribution < 1.29 is 22.7 Å². The number of sulfonamides is 1. The quantitative estimate of drug-likeness (QED) is 0.147. The van der Waals surface area contributed by atoms with Crippen molar-refractivity contribution in [2.45, 2.75) is 50.2 Å². The van der Waals surface area contributed by atoms with E-state index in [9.17, 15) is 18.0 Å². The van der Waals surface area contributed by atoms with Crippen LogP contribution < -0.4 is 14.4 Å². The van der Waals surface area contributed by atoms with Crippen LogP contribution in [0.2, 0.25) is 15.1 Å². The Morgan fingerprint density at radius 1 is 0.851 bits per heavy atom. The van der Waals surface area contributed by atoms with E-state index >= 15 is 0 Å². The molecule has 0 radical (unpaired) electrons. The summed E-state index contributed by atoms with van der Waals surface area (Å²) in [6.45, 7) is 3.17. The van der Waals surface area contributed by atoms with Crippen molar-refractivity contribution in [1.82, 2.24) is 10.2 Å². The normalized spacial score (nSPS) is 12.6. The Morgan fingerprint density at radius 3 is 2.11 bits per heavy atom. The van der Waals surface area contributed by atoms with Crippen LogP contribution in [0.4, 0.5) is 5.69 Å². The fourth-order valence-electron chi connectivity index (χ4n) is 4.84. The first kappa shape index (κ1) is 36.1. The number of methoxy groups -OCH3 is 1. The lowest BCUT2D eigenvalue weighted by Gasteiger charge is -2.34. The average molecular weight is 717 g/mol. The Balaban J connectivity index is 1.82. The first-order valence-corrected chi connectivity index (χ1v) is 17.5. The van der Waals surface area contributed by atoms with Crippen molar-refractivity contribution >= 4 is 62.3 Å². The highest BCUT2D eigenvalue weighted by molar-refractivity contribution is 7.92. The summed E-state index contributed by atoms with van der Waals surface area (Å²) in [7, 11) is -2.81. The predicted molar refractivity (Wildman–Crippen MR) is 188 cm³/mol. The minimum Gasteiger partial charge on any atom is -0.497 e. The summed E-state index contributed by atoms with van der Waals surface area (Å²) in [6.07, 6.45) is 0.858. The molecular weight excluding hydrogens is 681 g/mol. The van der Waals surface area contributed by atoms with Gasteiger partial charge in [-0.3, -0.25) is 13.9 Å². The molecule has 248 valence electrons. The van der Waals surface area contributed by atoms with Crippen LogP contribution in [0, 0.1) is 0 Å². The zero-order valence-corrected chi connectivity index (χ0v) is 29.3. The van der Waals surface area contributed by atoms with Crippen LogP contribution >= 0.6 is 34.8 Å². The second-order valence-electron chi connectivity index (χ2n) is 11.0. The molecule has 0 aromatic heterocycles. The van der Waals surface area contributed by atoms with Crippen LogP contribution in [0.15, 0.2) is 102 Å². The highest BCUT2D eigenvalue weighted by Crippen LogP contribution is 2.28. The third-order valence-electron chi connectivity index (χ3n) is 7.65. The third kappa shape index (κ3) is 9.41. The largest absolute Gasteiger partial charge is 0.497 e. The zero-order valence-electron chi connectivity index (χ0n) is 26.2. The first-order chi connectivity index (χ1) is 22.4. The number of rotatable bonds is 14. The van der Waals surface area contributed by atoms with Gasteiger partial charge in [0.05, 0.1) is 27.7 Å². The second-order valence-corrected chi connectivity index (χ2v) is 14.1. The highest BCUT2D eigenvalue weighted by atomic mass is 35.5. The maximum absolute atomic E-state index is 14.6. The van der Waals surface area contributed by atoms with Crippen molar-refractivity contribution in [1.29, 1.82) is 0 Å². The molecule has 4 aromatic carbocycles. The van der Waals surface area contributed by atoms with Crippen LogP contribution in [-0.4, -0.2) is 50.9 Å². The summed E-state index contributed by atoms with van der Waals surface area (Å²) < 4.78 is 34.5. The number of carbonyl (C=O) groups is 2. The number of nitrogens with zero attached hydrogens (tertiary/aromatic N) is 2. The fourth-order valence-corrected chi connectivity index (χ4v) is 6.70. The van der Waals surface area contributed by atoms with Gasteiger partial charge in [0.15, 0.2) is 0 Å². The Morgan fingerprint density at radius 2 is 1.51 bits per heavy atom. The van der Waals surface area contributed by atoms with Crippen LogP contribution in [0.1, 0.15) is 31.4 Å². The molecule has 0 fully saturated rings. The zero-order chi connectivity index (χ0) is 34.1. The molecule has 0 bridgehead atoms. The molecule has 0 aliphatic heterocycles. The van der Waals surface area contributed by atoms with E-state index in [1.807, 2.05) is 44.2 Å². The van der Waals surface area contributed by atoms with Gasteiger partial charge in [0.1, 0.15) is 18.3 Å². The van der Waals surface area contributed by atoms with Gasteiger partial charge in [-0.15, -0.1) is 0 Å². The summed E-state index contributed by atoms with van der Waals surface area (Å²) in [6, 6.07) is 25.1. The minimum atomic E-state index is -4.29. The van der Waals surface area contributed by atoms with Crippen LogP contribution in [0.25, 0.3) is 0 Å². The van der Waals surface area contributed by atoms with E-state index < -0.39 is 28.5 Å². The van der Waals surface area contributed by atoms with Crippen molar-refractivity contribution in [3.63, 3.8) is 0 Å².